The maximum Gasteiger partial charge on any atom is 0.228 e. The average molecular weight is 282 g/mol. The van der Waals surface area contributed by atoms with Gasteiger partial charge >= 0.3 is 0 Å². The standard InChI is InChI=1S/C10H11BrClFO/c11-10-4-3-9(14-7-13)6-8(10)2-1-5-12/h3-4,6H,1-2,5,7H2. The summed E-state index contributed by atoms with van der Waals surface area (Å²) in [5, 5.41) is 0. The van der Waals surface area contributed by atoms with Gasteiger partial charge < -0.3 is 4.74 Å². The van der Waals surface area contributed by atoms with Crippen molar-refractivity contribution in [2.45, 2.75) is 12.8 Å². The summed E-state index contributed by atoms with van der Waals surface area (Å²) in [7, 11) is 0. The molecule has 14 heavy (non-hydrogen) atoms. The summed E-state index contributed by atoms with van der Waals surface area (Å²) in [5.74, 6) is 1.18. The highest BCUT2D eigenvalue weighted by molar-refractivity contribution is 9.10. The summed E-state index contributed by atoms with van der Waals surface area (Å²) in [5.41, 5.74) is 1.09. The molecule has 0 heterocycles. The van der Waals surface area contributed by atoms with E-state index in [0.29, 0.717) is 11.6 Å². The predicted octanol–water partition coefficient (Wildman–Crippen LogP) is 3.93. The maximum absolute atomic E-state index is 11.9. The molecule has 0 aliphatic rings. The predicted molar refractivity (Wildman–Crippen MR) is 59.8 cm³/mol. The van der Waals surface area contributed by atoms with Crippen molar-refractivity contribution in [3.8, 4) is 5.75 Å². The van der Waals surface area contributed by atoms with Crippen LogP contribution < -0.4 is 4.74 Å². The Kier molecular flexibility index (Phi) is 5.26. The van der Waals surface area contributed by atoms with Crippen molar-refractivity contribution < 1.29 is 9.13 Å². The molecule has 0 N–H and O–H groups in total. The third-order valence-electron chi connectivity index (χ3n) is 1.82. The molecule has 0 amide bonds. The Balaban J connectivity index is 2.74. The molecule has 1 nitrogen and oxygen atoms in total. The summed E-state index contributed by atoms with van der Waals surface area (Å²) in [6, 6.07) is 5.42. The molecule has 0 aliphatic heterocycles. The third-order valence-corrected chi connectivity index (χ3v) is 2.86. The molecule has 1 aromatic rings. The molecule has 78 valence electrons. The van der Waals surface area contributed by atoms with E-state index in [9.17, 15) is 4.39 Å². The van der Waals surface area contributed by atoms with Crippen LogP contribution in [0.2, 0.25) is 0 Å². The molecule has 0 bridgehead atoms. The highest BCUT2D eigenvalue weighted by Gasteiger charge is 2.02. The van der Waals surface area contributed by atoms with Gasteiger partial charge in [0.25, 0.3) is 0 Å². The Hall–Kier alpha value is -0.280. The van der Waals surface area contributed by atoms with Crippen LogP contribution in [-0.2, 0) is 6.42 Å². The van der Waals surface area contributed by atoms with Crippen LogP contribution in [0.5, 0.6) is 5.75 Å². The zero-order valence-electron chi connectivity index (χ0n) is 7.60. The van der Waals surface area contributed by atoms with Gasteiger partial charge in [-0.2, -0.15) is 0 Å². The molecule has 0 aromatic heterocycles. The molecular formula is C10H11BrClFO. The van der Waals surface area contributed by atoms with Gasteiger partial charge in [0.05, 0.1) is 0 Å². The van der Waals surface area contributed by atoms with Crippen molar-refractivity contribution in [3.05, 3.63) is 28.2 Å². The lowest BCUT2D eigenvalue weighted by Crippen LogP contribution is -1.93. The van der Waals surface area contributed by atoms with Crippen molar-refractivity contribution in [2.24, 2.45) is 0 Å². The molecule has 0 radical (unpaired) electrons. The molecular weight excluding hydrogens is 270 g/mol. The van der Waals surface area contributed by atoms with Gasteiger partial charge in [0.15, 0.2) is 0 Å². The van der Waals surface area contributed by atoms with Gasteiger partial charge in [-0.3, -0.25) is 0 Å². The third kappa shape index (κ3) is 3.46. The van der Waals surface area contributed by atoms with E-state index < -0.39 is 6.86 Å². The van der Waals surface area contributed by atoms with Crippen LogP contribution in [0.25, 0.3) is 0 Å². The van der Waals surface area contributed by atoms with Gasteiger partial charge in [0.2, 0.25) is 6.86 Å². The summed E-state index contributed by atoms with van der Waals surface area (Å²) in [4.78, 5) is 0. The molecule has 0 saturated carbocycles. The van der Waals surface area contributed by atoms with Crippen molar-refractivity contribution in [1.82, 2.24) is 0 Å². The first kappa shape index (κ1) is 11.8. The van der Waals surface area contributed by atoms with Crippen molar-refractivity contribution >= 4 is 27.5 Å². The highest BCUT2D eigenvalue weighted by Crippen LogP contribution is 2.23. The normalized spacial score (nSPS) is 10.2. The van der Waals surface area contributed by atoms with E-state index in [0.717, 1.165) is 22.9 Å². The number of aryl methyl sites for hydroxylation is 1. The fourth-order valence-corrected chi connectivity index (χ4v) is 1.73. The number of ether oxygens (including phenoxy) is 1. The first-order valence-corrected chi connectivity index (χ1v) is 5.64. The second kappa shape index (κ2) is 6.25. The number of hydrogen-bond donors (Lipinski definition) is 0. The van der Waals surface area contributed by atoms with Gasteiger partial charge in [-0.1, -0.05) is 15.9 Å². The van der Waals surface area contributed by atoms with Gasteiger partial charge in [-0.25, -0.2) is 4.39 Å². The van der Waals surface area contributed by atoms with Crippen LogP contribution in [-0.4, -0.2) is 12.7 Å². The molecule has 0 atom stereocenters. The van der Waals surface area contributed by atoms with Crippen LogP contribution in [0, 0.1) is 0 Å². The number of halogens is 3. The molecule has 0 aliphatic carbocycles. The van der Waals surface area contributed by atoms with Gasteiger partial charge in [0.1, 0.15) is 5.75 Å². The van der Waals surface area contributed by atoms with Crippen LogP contribution in [0.4, 0.5) is 4.39 Å². The topological polar surface area (TPSA) is 9.23 Å². The van der Waals surface area contributed by atoms with E-state index in [1.807, 2.05) is 12.1 Å². The molecule has 1 rings (SSSR count). The lowest BCUT2D eigenvalue weighted by atomic mass is 10.1. The van der Waals surface area contributed by atoms with E-state index in [2.05, 4.69) is 15.9 Å². The quantitative estimate of drug-likeness (QED) is 0.743. The van der Waals surface area contributed by atoms with E-state index in [-0.39, 0.29) is 0 Å². The average Bonchev–Trinajstić information content (AvgIpc) is 2.19. The number of benzene rings is 1. The van der Waals surface area contributed by atoms with Crippen molar-refractivity contribution in [1.29, 1.82) is 0 Å². The molecule has 4 heteroatoms. The summed E-state index contributed by atoms with van der Waals surface area (Å²) in [6.45, 7) is -0.795. The zero-order chi connectivity index (χ0) is 10.4. The van der Waals surface area contributed by atoms with E-state index >= 15 is 0 Å². The van der Waals surface area contributed by atoms with Crippen molar-refractivity contribution in [2.75, 3.05) is 12.7 Å². The Bertz CT molecular complexity index is 293. The fourth-order valence-electron chi connectivity index (χ4n) is 1.15. The number of rotatable bonds is 5. The minimum atomic E-state index is -0.795. The van der Waals surface area contributed by atoms with Crippen LogP contribution in [0.1, 0.15) is 12.0 Å². The minimum Gasteiger partial charge on any atom is -0.463 e. The Labute approximate surface area is 96.3 Å². The number of hydrogen-bond acceptors (Lipinski definition) is 1. The highest BCUT2D eigenvalue weighted by atomic mass is 79.9. The SMILES string of the molecule is FCOc1ccc(Br)c(CCCCl)c1. The van der Waals surface area contributed by atoms with Crippen LogP contribution in [0.15, 0.2) is 22.7 Å². The van der Waals surface area contributed by atoms with E-state index in [4.69, 9.17) is 16.3 Å². The first-order valence-electron chi connectivity index (χ1n) is 4.31. The monoisotopic (exact) mass is 280 g/mol. The number of alkyl halides is 2. The van der Waals surface area contributed by atoms with E-state index in [1.165, 1.54) is 0 Å². The summed E-state index contributed by atoms with van der Waals surface area (Å²) < 4.78 is 17.7. The Morgan fingerprint density at radius 2 is 2.21 bits per heavy atom. The van der Waals surface area contributed by atoms with Gasteiger partial charge in [0, 0.05) is 10.4 Å². The largest absolute Gasteiger partial charge is 0.463 e. The van der Waals surface area contributed by atoms with E-state index in [1.54, 1.807) is 6.07 Å². The minimum absolute atomic E-state index is 0.556. The second-order valence-corrected chi connectivity index (χ2v) is 4.03. The van der Waals surface area contributed by atoms with Crippen molar-refractivity contribution in [3.63, 3.8) is 0 Å². The molecule has 0 saturated heterocycles. The second-order valence-electron chi connectivity index (χ2n) is 2.80. The zero-order valence-corrected chi connectivity index (χ0v) is 9.94. The lowest BCUT2D eigenvalue weighted by molar-refractivity contribution is 0.191. The maximum atomic E-state index is 11.9. The lowest BCUT2D eigenvalue weighted by Gasteiger charge is -2.06. The fraction of sp³-hybridized carbons (Fsp3) is 0.400. The molecule has 0 fully saturated rings. The summed E-state index contributed by atoms with van der Waals surface area (Å²) >= 11 is 9.02. The van der Waals surface area contributed by atoms with Gasteiger partial charge in [-0.15, -0.1) is 11.6 Å². The Morgan fingerprint density at radius 1 is 1.43 bits per heavy atom. The first-order chi connectivity index (χ1) is 6.77. The molecule has 0 unspecified atom stereocenters. The Morgan fingerprint density at radius 3 is 2.86 bits per heavy atom. The van der Waals surface area contributed by atoms with Crippen LogP contribution in [0.3, 0.4) is 0 Å². The van der Waals surface area contributed by atoms with Gasteiger partial charge in [-0.05, 0) is 36.6 Å². The molecule has 1 aromatic carbocycles. The summed E-state index contributed by atoms with van der Waals surface area (Å²) in [6.07, 6.45) is 1.77. The van der Waals surface area contributed by atoms with Crippen LogP contribution >= 0.6 is 27.5 Å². The smallest absolute Gasteiger partial charge is 0.228 e. The molecule has 0 spiro atoms.